The van der Waals surface area contributed by atoms with E-state index in [1.54, 1.807) is 36.4 Å². The molecular formula is C25H22O3. The number of hydrogen-bond donors (Lipinski definition) is 3. The van der Waals surface area contributed by atoms with Gasteiger partial charge in [0, 0.05) is 0 Å². The second-order valence-electron chi connectivity index (χ2n) is 6.51. The first-order valence-corrected chi connectivity index (χ1v) is 8.96. The summed E-state index contributed by atoms with van der Waals surface area (Å²) < 4.78 is 0. The summed E-state index contributed by atoms with van der Waals surface area (Å²) in [7, 11) is 0. The van der Waals surface area contributed by atoms with Gasteiger partial charge < -0.3 is 15.3 Å². The Morgan fingerprint density at radius 1 is 0.357 bits per heavy atom. The molecule has 0 atom stereocenters. The predicted molar refractivity (Wildman–Crippen MR) is 113 cm³/mol. The van der Waals surface area contributed by atoms with Crippen molar-refractivity contribution in [3.05, 3.63) is 103 Å². The van der Waals surface area contributed by atoms with Gasteiger partial charge >= 0.3 is 0 Å². The van der Waals surface area contributed by atoms with Crippen LogP contribution in [-0.4, -0.2) is 15.3 Å². The molecule has 28 heavy (non-hydrogen) atoms. The highest BCUT2D eigenvalue weighted by molar-refractivity contribution is 5.65. The third kappa shape index (κ3) is 5.15. The van der Waals surface area contributed by atoms with Gasteiger partial charge in [-0.1, -0.05) is 66.2 Å². The molecule has 140 valence electrons. The fourth-order valence-electron chi connectivity index (χ4n) is 2.71. The van der Waals surface area contributed by atoms with Crippen LogP contribution in [0, 0.1) is 6.92 Å². The van der Waals surface area contributed by atoms with Gasteiger partial charge in [-0.25, -0.2) is 0 Å². The average Bonchev–Trinajstić information content (AvgIpc) is 2.71. The van der Waals surface area contributed by atoms with E-state index in [9.17, 15) is 0 Å². The Balaban J connectivity index is 0.000000161. The largest absolute Gasteiger partial charge is 0.508 e. The summed E-state index contributed by atoms with van der Waals surface area (Å²) in [5.41, 5.74) is 5.59. The number of phenolic OH excluding ortho intramolecular Hbond substituents is 3. The molecule has 4 aromatic rings. The lowest BCUT2D eigenvalue weighted by Crippen LogP contribution is -1.77. The van der Waals surface area contributed by atoms with E-state index >= 15 is 0 Å². The highest BCUT2D eigenvalue weighted by Gasteiger charge is 1.97. The monoisotopic (exact) mass is 370 g/mol. The molecule has 0 spiro atoms. The van der Waals surface area contributed by atoms with Crippen LogP contribution in [0.5, 0.6) is 17.2 Å². The SMILES string of the molecule is Cc1ccc(-c2ccc(O)cc2)cc1.Oc1ccc(-c2ccc(O)cc2)cc1. The van der Waals surface area contributed by atoms with Crippen LogP contribution >= 0.6 is 0 Å². The molecule has 0 bridgehead atoms. The lowest BCUT2D eigenvalue weighted by Gasteiger charge is -2.01. The quantitative estimate of drug-likeness (QED) is 0.398. The van der Waals surface area contributed by atoms with Crippen molar-refractivity contribution in [2.75, 3.05) is 0 Å². The number of rotatable bonds is 2. The minimum atomic E-state index is 0.257. The Kier molecular flexibility index (Phi) is 5.97. The molecule has 0 unspecified atom stereocenters. The van der Waals surface area contributed by atoms with Gasteiger partial charge in [-0.2, -0.15) is 0 Å². The van der Waals surface area contributed by atoms with Crippen molar-refractivity contribution in [2.45, 2.75) is 6.92 Å². The van der Waals surface area contributed by atoms with E-state index in [1.165, 1.54) is 11.1 Å². The number of aromatic hydroxyl groups is 3. The predicted octanol–water partition coefficient (Wildman–Crippen LogP) is 6.13. The van der Waals surface area contributed by atoms with Crippen LogP contribution in [0.1, 0.15) is 5.56 Å². The summed E-state index contributed by atoms with van der Waals surface area (Å²) >= 11 is 0. The molecule has 0 aromatic heterocycles. The maximum atomic E-state index is 9.15. The summed E-state index contributed by atoms with van der Waals surface area (Å²) in [5.74, 6) is 0.820. The Morgan fingerprint density at radius 3 is 0.821 bits per heavy atom. The van der Waals surface area contributed by atoms with Gasteiger partial charge in [-0.3, -0.25) is 0 Å². The minimum absolute atomic E-state index is 0.257. The van der Waals surface area contributed by atoms with Crippen LogP contribution < -0.4 is 0 Å². The number of hydrogen-bond acceptors (Lipinski definition) is 3. The Hall–Kier alpha value is -3.72. The molecule has 0 saturated heterocycles. The zero-order chi connectivity index (χ0) is 19.9. The van der Waals surface area contributed by atoms with Crippen LogP contribution in [0.2, 0.25) is 0 Å². The van der Waals surface area contributed by atoms with E-state index in [0.717, 1.165) is 16.7 Å². The van der Waals surface area contributed by atoms with Crippen LogP contribution in [0.4, 0.5) is 0 Å². The van der Waals surface area contributed by atoms with Crippen LogP contribution in [0.3, 0.4) is 0 Å². The molecule has 0 aliphatic heterocycles. The molecule has 3 nitrogen and oxygen atoms in total. The lowest BCUT2D eigenvalue weighted by atomic mass is 10.0. The first-order valence-electron chi connectivity index (χ1n) is 8.96. The smallest absolute Gasteiger partial charge is 0.115 e. The standard InChI is InChI=1S/C13H12O.C12H10O2/c1-10-2-4-11(5-3-10)12-6-8-13(14)9-7-12;13-11-5-1-9(2-6-11)10-3-7-12(14)8-4-10/h2-9,14H,1H3;1-8,13-14H. The van der Waals surface area contributed by atoms with Crippen LogP contribution in [0.25, 0.3) is 22.3 Å². The van der Waals surface area contributed by atoms with Crippen molar-refractivity contribution in [3.8, 4) is 39.5 Å². The van der Waals surface area contributed by atoms with Crippen molar-refractivity contribution >= 4 is 0 Å². The summed E-state index contributed by atoms with van der Waals surface area (Å²) in [6.07, 6.45) is 0. The fraction of sp³-hybridized carbons (Fsp3) is 0.0400. The van der Waals surface area contributed by atoms with E-state index in [-0.39, 0.29) is 11.5 Å². The molecule has 0 fully saturated rings. The summed E-state index contributed by atoms with van der Waals surface area (Å²) in [4.78, 5) is 0. The Bertz CT molecular complexity index is 827. The molecule has 0 amide bonds. The van der Waals surface area contributed by atoms with Crippen molar-refractivity contribution in [1.29, 1.82) is 0 Å². The average molecular weight is 370 g/mol. The van der Waals surface area contributed by atoms with Gasteiger partial charge in [0.2, 0.25) is 0 Å². The molecule has 4 rings (SSSR count). The third-order valence-corrected chi connectivity index (χ3v) is 4.32. The number of phenols is 3. The van der Waals surface area contributed by atoms with Gasteiger partial charge in [0.15, 0.2) is 0 Å². The third-order valence-electron chi connectivity index (χ3n) is 4.32. The highest BCUT2D eigenvalue weighted by Crippen LogP contribution is 2.24. The maximum Gasteiger partial charge on any atom is 0.115 e. The summed E-state index contributed by atoms with van der Waals surface area (Å²) in [5, 5.41) is 27.4. The van der Waals surface area contributed by atoms with E-state index in [4.69, 9.17) is 15.3 Å². The molecular weight excluding hydrogens is 348 g/mol. The second kappa shape index (κ2) is 8.78. The molecule has 0 saturated carbocycles. The van der Waals surface area contributed by atoms with E-state index < -0.39 is 0 Å². The normalized spacial score (nSPS) is 10.0. The first kappa shape index (κ1) is 19.1. The first-order chi connectivity index (χ1) is 13.5. The zero-order valence-corrected chi connectivity index (χ0v) is 15.6. The van der Waals surface area contributed by atoms with E-state index in [1.807, 2.05) is 36.4 Å². The molecule has 4 aromatic carbocycles. The number of aryl methyl sites for hydroxylation is 1. The molecule has 0 aliphatic rings. The van der Waals surface area contributed by atoms with Gasteiger partial charge in [0.25, 0.3) is 0 Å². The topological polar surface area (TPSA) is 60.7 Å². The van der Waals surface area contributed by atoms with Crippen molar-refractivity contribution in [1.82, 2.24) is 0 Å². The molecule has 0 aliphatic carbocycles. The lowest BCUT2D eigenvalue weighted by molar-refractivity contribution is 0.474. The molecule has 0 heterocycles. The summed E-state index contributed by atoms with van der Waals surface area (Å²) in [6, 6.07) is 29.5. The van der Waals surface area contributed by atoms with E-state index in [0.29, 0.717) is 5.75 Å². The van der Waals surface area contributed by atoms with Gasteiger partial charge in [-0.15, -0.1) is 0 Å². The molecule has 3 N–H and O–H groups in total. The van der Waals surface area contributed by atoms with Crippen molar-refractivity contribution < 1.29 is 15.3 Å². The van der Waals surface area contributed by atoms with Crippen molar-refractivity contribution in [2.24, 2.45) is 0 Å². The van der Waals surface area contributed by atoms with Gasteiger partial charge in [0.1, 0.15) is 17.2 Å². The number of benzene rings is 4. The summed E-state index contributed by atoms with van der Waals surface area (Å²) in [6.45, 7) is 2.07. The fourth-order valence-corrected chi connectivity index (χ4v) is 2.71. The Morgan fingerprint density at radius 2 is 0.571 bits per heavy atom. The molecule has 3 heteroatoms. The van der Waals surface area contributed by atoms with Crippen LogP contribution in [-0.2, 0) is 0 Å². The van der Waals surface area contributed by atoms with Crippen molar-refractivity contribution in [3.63, 3.8) is 0 Å². The zero-order valence-electron chi connectivity index (χ0n) is 15.6. The van der Waals surface area contributed by atoms with Gasteiger partial charge in [-0.05, 0) is 65.6 Å². The Labute approximate surface area is 164 Å². The highest BCUT2D eigenvalue weighted by atomic mass is 16.3. The van der Waals surface area contributed by atoms with E-state index in [2.05, 4.69) is 31.2 Å². The maximum absolute atomic E-state index is 9.15. The van der Waals surface area contributed by atoms with Gasteiger partial charge in [0.05, 0.1) is 0 Å². The van der Waals surface area contributed by atoms with Crippen LogP contribution in [0.15, 0.2) is 97.1 Å². The second-order valence-corrected chi connectivity index (χ2v) is 6.51. The minimum Gasteiger partial charge on any atom is -0.508 e. The molecule has 0 radical (unpaired) electrons.